The van der Waals surface area contributed by atoms with E-state index >= 15 is 0 Å². The van der Waals surface area contributed by atoms with Crippen LogP contribution in [0, 0.1) is 0 Å². The summed E-state index contributed by atoms with van der Waals surface area (Å²) in [5.41, 5.74) is 0.474. The van der Waals surface area contributed by atoms with Crippen molar-refractivity contribution in [2.75, 3.05) is 13.7 Å². The zero-order chi connectivity index (χ0) is 13.2. The first-order valence-electron chi connectivity index (χ1n) is 6.17. The molecule has 98 valence electrons. The Morgan fingerprint density at radius 2 is 2.00 bits per heavy atom. The maximum Gasteiger partial charge on any atom is 0.338 e. The van der Waals surface area contributed by atoms with E-state index in [-0.39, 0.29) is 5.97 Å². The summed E-state index contributed by atoms with van der Waals surface area (Å²) < 4.78 is 15.7. The number of hydrogen-bond acceptors (Lipinski definition) is 4. The van der Waals surface area contributed by atoms with Crippen LogP contribution < -0.4 is 4.74 Å². The van der Waals surface area contributed by atoms with E-state index in [2.05, 4.69) is 0 Å². The minimum absolute atomic E-state index is 0.282. The summed E-state index contributed by atoms with van der Waals surface area (Å²) in [5, 5.41) is 0. The average molecular weight is 250 g/mol. The van der Waals surface area contributed by atoms with Gasteiger partial charge in [0.15, 0.2) is 6.10 Å². The lowest BCUT2D eigenvalue weighted by molar-refractivity contribution is -0.144. The molecular weight excluding hydrogens is 232 g/mol. The van der Waals surface area contributed by atoms with E-state index < -0.39 is 11.7 Å². The molecule has 2 rings (SSSR count). The Balaban J connectivity index is 2.17. The second-order valence-electron chi connectivity index (χ2n) is 4.22. The third-order valence-electron chi connectivity index (χ3n) is 3.30. The number of epoxide rings is 1. The van der Waals surface area contributed by atoms with Gasteiger partial charge in [0.1, 0.15) is 11.4 Å². The first-order chi connectivity index (χ1) is 8.67. The molecule has 1 saturated heterocycles. The van der Waals surface area contributed by atoms with Crippen molar-refractivity contribution in [3.05, 3.63) is 29.8 Å². The first kappa shape index (κ1) is 12.9. The monoisotopic (exact) mass is 250 g/mol. The number of benzene rings is 1. The third kappa shape index (κ3) is 2.08. The maximum absolute atomic E-state index is 11.7. The Labute approximate surface area is 107 Å². The lowest BCUT2D eigenvalue weighted by Gasteiger charge is -2.11. The Kier molecular flexibility index (Phi) is 3.57. The van der Waals surface area contributed by atoms with Gasteiger partial charge in [0.25, 0.3) is 0 Å². The third-order valence-corrected chi connectivity index (χ3v) is 3.30. The fraction of sp³-hybridized carbons (Fsp3) is 0.500. The number of carbonyl (C=O) groups excluding carboxylic acids is 1. The molecule has 1 aromatic rings. The molecule has 18 heavy (non-hydrogen) atoms. The summed E-state index contributed by atoms with van der Waals surface area (Å²) in [4.78, 5) is 11.7. The molecule has 1 aromatic carbocycles. The van der Waals surface area contributed by atoms with Gasteiger partial charge in [0.2, 0.25) is 0 Å². The first-order valence-corrected chi connectivity index (χ1v) is 6.17. The molecule has 1 fully saturated rings. The topological polar surface area (TPSA) is 48.1 Å². The van der Waals surface area contributed by atoms with E-state index in [4.69, 9.17) is 14.2 Å². The van der Waals surface area contributed by atoms with Gasteiger partial charge in [-0.1, -0.05) is 19.1 Å². The molecule has 1 heterocycles. The van der Waals surface area contributed by atoms with Crippen LogP contribution in [0.15, 0.2) is 24.3 Å². The van der Waals surface area contributed by atoms with Crippen LogP contribution in [0.1, 0.15) is 25.8 Å². The van der Waals surface area contributed by atoms with Crippen LogP contribution >= 0.6 is 0 Å². The Bertz CT molecular complexity index is 426. The average Bonchev–Trinajstić information content (AvgIpc) is 3.15. The molecule has 0 aliphatic carbocycles. The van der Waals surface area contributed by atoms with Crippen molar-refractivity contribution in [2.45, 2.75) is 32.0 Å². The molecule has 0 spiro atoms. The number of carbonyl (C=O) groups is 1. The molecule has 2 atom stereocenters. The van der Waals surface area contributed by atoms with Gasteiger partial charge < -0.3 is 14.2 Å². The molecule has 2 unspecified atom stereocenters. The summed E-state index contributed by atoms with van der Waals surface area (Å²) in [5.74, 6) is 0.508. The number of hydrogen-bond donors (Lipinski definition) is 0. The second-order valence-corrected chi connectivity index (χ2v) is 4.22. The van der Waals surface area contributed by atoms with Gasteiger partial charge in [-0.15, -0.1) is 0 Å². The number of methoxy groups -OCH3 is 1. The van der Waals surface area contributed by atoms with Gasteiger partial charge >= 0.3 is 5.97 Å². The van der Waals surface area contributed by atoms with Crippen molar-refractivity contribution in [1.29, 1.82) is 0 Å². The molecule has 0 amide bonds. The Morgan fingerprint density at radius 1 is 1.33 bits per heavy atom. The predicted octanol–water partition coefficient (Wildman–Crippen LogP) is 2.26. The summed E-state index contributed by atoms with van der Waals surface area (Å²) in [6.07, 6.45) is 0.263. The zero-order valence-corrected chi connectivity index (χ0v) is 10.9. The molecule has 4 nitrogen and oxygen atoms in total. The molecular formula is C14H18O4. The van der Waals surface area contributed by atoms with Crippen LogP contribution in [-0.2, 0) is 19.9 Å². The highest BCUT2D eigenvalue weighted by Gasteiger charge is 2.61. The van der Waals surface area contributed by atoms with Gasteiger partial charge in [0, 0.05) is 0 Å². The van der Waals surface area contributed by atoms with Crippen LogP contribution in [0.25, 0.3) is 0 Å². The fourth-order valence-electron chi connectivity index (χ4n) is 2.20. The standard InChI is InChI=1S/C14H18O4/c1-4-14(12(18-14)13(15)17-5-2)10-6-8-11(16-3)9-7-10/h6-9,12H,4-5H2,1-3H3. The van der Waals surface area contributed by atoms with Crippen molar-refractivity contribution in [3.8, 4) is 5.75 Å². The fourth-order valence-corrected chi connectivity index (χ4v) is 2.20. The molecule has 0 saturated carbocycles. The molecule has 1 aliphatic rings. The van der Waals surface area contributed by atoms with Crippen LogP contribution in [0.4, 0.5) is 0 Å². The minimum Gasteiger partial charge on any atom is -0.497 e. The molecule has 0 aromatic heterocycles. The smallest absolute Gasteiger partial charge is 0.338 e. The molecule has 0 bridgehead atoms. The van der Waals surface area contributed by atoms with Gasteiger partial charge in [0.05, 0.1) is 13.7 Å². The van der Waals surface area contributed by atoms with Crippen molar-refractivity contribution in [2.24, 2.45) is 0 Å². The molecule has 4 heteroatoms. The normalized spacial score (nSPS) is 25.6. The van der Waals surface area contributed by atoms with Crippen LogP contribution in [0.3, 0.4) is 0 Å². The number of ether oxygens (including phenoxy) is 3. The van der Waals surface area contributed by atoms with E-state index in [1.807, 2.05) is 31.2 Å². The van der Waals surface area contributed by atoms with E-state index in [0.717, 1.165) is 17.7 Å². The minimum atomic E-state index is -0.515. The van der Waals surface area contributed by atoms with E-state index in [9.17, 15) is 4.79 Å². The van der Waals surface area contributed by atoms with E-state index in [1.165, 1.54) is 0 Å². The van der Waals surface area contributed by atoms with Gasteiger partial charge in [-0.05, 0) is 31.0 Å². The maximum atomic E-state index is 11.7. The van der Waals surface area contributed by atoms with Crippen LogP contribution in [0.5, 0.6) is 5.75 Å². The van der Waals surface area contributed by atoms with E-state index in [0.29, 0.717) is 6.61 Å². The van der Waals surface area contributed by atoms with Gasteiger partial charge in [-0.25, -0.2) is 4.79 Å². The van der Waals surface area contributed by atoms with Crippen molar-refractivity contribution < 1.29 is 19.0 Å². The quantitative estimate of drug-likeness (QED) is 0.594. The lowest BCUT2D eigenvalue weighted by atomic mass is 9.92. The Morgan fingerprint density at radius 3 is 2.50 bits per heavy atom. The van der Waals surface area contributed by atoms with Crippen molar-refractivity contribution in [1.82, 2.24) is 0 Å². The Hall–Kier alpha value is -1.55. The molecule has 0 N–H and O–H groups in total. The number of esters is 1. The summed E-state index contributed by atoms with van der Waals surface area (Å²) in [6, 6.07) is 7.61. The molecule has 0 radical (unpaired) electrons. The van der Waals surface area contributed by atoms with Crippen LogP contribution in [0.2, 0.25) is 0 Å². The predicted molar refractivity (Wildman–Crippen MR) is 66.5 cm³/mol. The number of rotatable bonds is 5. The van der Waals surface area contributed by atoms with E-state index in [1.54, 1.807) is 14.0 Å². The van der Waals surface area contributed by atoms with Gasteiger partial charge in [-0.2, -0.15) is 0 Å². The van der Waals surface area contributed by atoms with Gasteiger partial charge in [-0.3, -0.25) is 0 Å². The summed E-state index contributed by atoms with van der Waals surface area (Å²) in [7, 11) is 1.62. The highest BCUT2D eigenvalue weighted by molar-refractivity contribution is 5.80. The highest BCUT2D eigenvalue weighted by Crippen LogP contribution is 2.49. The van der Waals surface area contributed by atoms with Crippen LogP contribution in [-0.4, -0.2) is 25.8 Å². The SMILES string of the molecule is CCOC(=O)C1OC1(CC)c1ccc(OC)cc1. The summed E-state index contributed by atoms with van der Waals surface area (Å²) in [6.45, 7) is 4.17. The summed E-state index contributed by atoms with van der Waals surface area (Å²) >= 11 is 0. The highest BCUT2D eigenvalue weighted by atomic mass is 16.7. The zero-order valence-electron chi connectivity index (χ0n) is 10.9. The second kappa shape index (κ2) is 4.98. The molecule has 1 aliphatic heterocycles. The van der Waals surface area contributed by atoms with Crippen molar-refractivity contribution >= 4 is 5.97 Å². The lowest BCUT2D eigenvalue weighted by Crippen LogP contribution is -2.20. The largest absolute Gasteiger partial charge is 0.497 e. The van der Waals surface area contributed by atoms with Crippen molar-refractivity contribution in [3.63, 3.8) is 0 Å².